The molecular formula is C20H21NO3. The Morgan fingerprint density at radius 2 is 1.75 bits per heavy atom. The van der Waals surface area contributed by atoms with Crippen molar-refractivity contribution in [1.29, 1.82) is 0 Å². The normalized spacial score (nSPS) is 22.9. The predicted molar refractivity (Wildman–Crippen MR) is 91.4 cm³/mol. The Hall–Kier alpha value is -2.62. The molecule has 1 heterocycles. The Kier molecular flexibility index (Phi) is 4.65. The van der Waals surface area contributed by atoms with Gasteiger partial charge >= 0.3 is 5.97 Å². The Morgan fingerprint density at radius 1 is 1.12 bits per heavy atom. The molecule has 1 aliphatic heterocycles. The topological polar surface area (TPSA) is 55.4 Å². The Labute approximate surface area is 141 Å². The predicted octanol–water partition coefficient (Wildman–Crippen LogP) is 2.69. The van der Waals surface area contributed by atoms with Crippen LogP contribution < -0.4 is 5.32 Å². The Morgan fingerprint density at radius 3 is 2.38 bits per heavy atom. The second-order valence-corrected chi connectivity index (χ2v) is 6.03. The molecule has 2 unspecified atom stereocenters. The van der Waals surface area contributed by atoms with Gasteiger partial charge in [0.15, 0.2) is 5.41 Å². The minimum Gasteiger partial charge on any atom is -0.465 e. The summed E-state index contributed by atoms with van der Waals surface area (Å²) in [7, 11) is 0. The third kappa shape index (κ3) is 2.80. The maximum atomic E-state index is 12.9. The lowest BCUT2D eigenvalue weighted by atomic mass is 9.70. The van der Waals surface area contributed by atoms with Gasteiger partial charge in [0.1, 0.15) is 0 Å². The zero-order valence-corrected chi connectivity index (χ0v) is 13.7. The first kappa shape index (κ1) is 16.2. The molecule has 0 aliphatic carbocycles. The lowest BCUT2D eigenvalue weighted by Crippen LogP contribution is -2.45. The summed E-state index contributed by atoms with van der Waals surface area (Å²) in [6, 6.07) is 19.3. The van der Waals surface area contributed by atoms with Crippen LogP contribution in [-0.4, -0.2) is 25.0 Å². The van der Waals surface area contributed by atoms with E-state index in [9.17, 15) is 9.59 Å². The molecule has 2 aromatic carbocycles. The van der Waals surface area contributed by atoms with Gasteiger partial charge in [-0.15, -0.1) is 0 Å². The Bertz CT molecular complexity index is 714. The number of amides is 1. The smallest absolute Gasteiger partial charge is 0.322 e. The fourth-order valence-electron chi connectivity index (χ4n) is 3.46. The van der Waals surface area contributed by atoms with Crippen LogP contribution in [0.3, 0.4) is 0 Å². The summed E-state index contributed by atoms with van der Waals surface area (Å²) in [6.45, 7) is 2.46. The molecule has 3 rings (SSSR count). The highest BCUT2D eigenvalue weighted by Gasteiger charge is 2.57. The summed E-state index contributed by atoms with van der Waals surface area (Å²) in [4.78, 5) is 25.7. The van der Waals surface area contributed by atoms with Gasteiger partial charge in [0.05, 0.1) is 6.61 Å². The van der Waals surface area contributed by atoms with Crippen molar-refractivity contribution in [1.82, 2.24) is 5.32 Å². The molecule has 2 aromatic rings. The number of esters is 1. The summed E-state index contributed by atoms with van der Waals surface area (Å²) < 4.78 is 5.32. The molecule has 1 fully saturated rings. The lowest BCUT2D eigenvalue weighted by Gasteiger charge is -2.30. The number of benzene rings is 2. The molecule has 1 saturated heterocycles. The van der Waals surface area contributed by atoms with E-state index in [-0.39, 0.29) is 18.4 Å². The molecule has 0 aromatic heterocycles. The largest absolute Gasteiger partial charge is 0.465 e. The molecule has 1 N–H and O–H groups in total. The number of carbonyl (C=O) groups excluding carboxylic acids is 2. The van der Waals surface area contributed by atoms with E-state index in [0.29, 0.717) is 13.0 Å². The van der Waals surface area contributed by atoms with Crippen LogP contribution in [0.1, 0.15) is 24.0 Å². The van der Waals surface area contributed by atoms with Gasteiger partial charge < -0.3 is 10.1 Å². The molecule has 2 atom stereocenters. The quantitative estimate of drug-likeness (QED) is 0.680. The molecule has 1 aliphatic rings. The second kappa shape index (κ2) is 6.87. The maximum Gasteiger partial charge on any atom is 0.322 e. The van der Waals surface area contributed by atoms with Gasteiger partial charge in [-0.05, 0) is 24.5 Å². The van der Waals surface area contributed by atoms with Crippen LogP contribution in [-0.2, 0) is 20.7 Å². The van der Waals surface area contributed by atoms with Crippen molar-refractivity contribution in [3.05, 3.63) is 71.8 Å². The molecular weight excluding hydrogens is 302 g/mol. The molecule has 0 bridgehead atoms. The average molecular weight is 323 g/mol. The van der Waals surface area contributed by atoms with Crippen LogP contribution >= 0.6 is 0 Å². The minimum absolute atomic E-state index is 0.245. The van der Waals surface area contributed by atoms with Crippen molar-refractivity contribution in [3.8, 4) is 0 Å². The maximum absolute atomic E-state index is 12.9. The third-order valence-electron chi connectivity index (χ3n) is 4.63. The molecule has 0 spiro atoms. The van der Waals surface area contributed by atoms with Gasteiger partial charge in [-0.2, -0.15) is 0 Å². The van der Waals surface area contributed by atoms with E-state index in [1.165, 1.54) is 0 Å². The zero-order valence-electron chi connectivity index (χ0n) is 13.7. The van der Waals surface area contributed by atoms with Crippen molar-refractivity contribution >= 4 is 11.9 Å². The first-order valence-electron chi connectivity index (χ1n) is 8.23. The van der Waals surface area contributed by atoms with E-state index in [2.05, 4.69) is 5.32 Å². The summed E-state index contributed by atoms with van der Waals surface area (Å²) in [5.74, 6) is -0.943. The van der Waals surface area contributed by atoms with E-state index < -0.39 is 11.4 Å². The molecule has 124 valence electrons. The Balaban J connectivity index is 2.07. The molecule has 0 saturated carbocycles. The summed E-state index contributed by atoms with van der Waals surface area (Å²) in [5.41, 5.74) is 0.696. The summed E-state index contributed by atoms with van der Waals surface area (Å²) in [6.07, 6.45) is 0.331. The molecule has 24 heavy (non-hydrogen) atoms. The monoisotopic (exact) mass is 323 g/mol. The molecule has 0 radical (unpaired) electrons. The number of nitrogens with one attached hydrogen (secondary N) is 1. The van der Waals surface area contributed by atoms with Gasteiger partial charge in [0, 0.05) is 12.5 Å². The highest BCUT2D eigenvalue weighted by molar-refractivity contribution is 6.06. The standard InChI is InChI=1S/C20H21NO3/c1-2-24-19(23)20(13-15-9-5-3-6-10-15)17(14-21-18(20)22)16-11-7-4-8-12-16/h3-12,17H,2,13-14H2,1H3,(H,21,22). The van der Waals surface area contributed by atoms with Crippen molar-refractivity contribution < 1.29 is 14.3 Å². The zero-order chi connectivity index (χ0) is 17.0. The number of carbonyl (C=O) groups is 2. The number of hydrogen-bond donors (Lipinski definition) is 1. The number of ether oxygens (including phenoxy) is 1. The van der Waals surface area contributed by atoms with Crippen molar-refractivity contribution in [2.24, 2.45) is 5.41 Å². The minimum atomic E-state index is -1.22. The van der Waals surface area contributed by atoms with Crippen LogP contribution in [0, 0.1) is 5.41 Å². The van der Waals surface area contributed by atoms with Crippen LogP contribution in [0.25, 0.3) is 0 Å². The van der Waals surface area contributed by atoms with Crippen molar-refractivity contribution in [2.45, 2.75) is 19.3 Å². The molecule has 4 heteroatoms. The lowest BCUT2D eigenvalue weighted by molar-refractivity contribution is -0.160. The fourth-order valence-corrected chi connectivity index (χ4v) is 3.46. The van der Waals surface area contributed by atoms with Crippen LogP contribution in [0.4, 0.5) is 0 Å². The molecule has 1 amide bonds. The van der Waals surface area contributed by atoms with E-state index in [1.807, 2.05) is 60.7 Å². The SMILES string of the molecule is CCOC(=O)C1(Cc2ccccc2)C(=O)NCC1c1ccccc1. The highest BCUT2D eigenvalue weighted by atomic mass is 16.5. The third-order valence-corrected chi connectivity index (χ3v) is 4.63. The summed E-state index contributed by atoms with van der Waals surface area (Å²) in [5, 5.41) is 2.88. The van der Waals surface area contributed by atoms with Crippen LogP contribution in [0.15, 0.2) is 60.7 Å². The van der Waals surface area contributed by atoms with Gasteiger partial charge in [-0.25, -0.2) is 0 Å². The van der Waals surface area contributed by atoms with Crippen LogP contribution in [0.5, 0.6) is 0 Å². The first-order valence-corrected chi connectivity index (χ1v) is 8.23. The van der Waals surface area contributed by atoms with Gasteiger partial charge in [-0.3, -0.25) is 9.59 Å². The van der Waals surface area contributed by atoms with Gasteiger partial charge in [0.2, 0.25) is 5.91 Å². The second-order valence-electron chi connectivity index (χ2n) is 6.03. The van der Waals surface area contributed by atoms with Crippen molar-refractivity contribution in [2.75, 3.05) is 13.2 Å². The van der Waals surface area contributed by atoms with E-state index in [4.69, 9.17) is 4.74 Å². The number of hydrogen-bond acceptors (Lipinski definition) is 3. The average Bonchev–Trinajstić information content (AvgIpc) is 2.94. The van der Waals surface area contributed by atoms with Crippen molar-refractivity contribution in [3.63, 3.8) is 0 Å². The number of rotatable bonds is 5. The summed E-state index contributed by atoms with van der Waals surface area (Å²) >= 11 is 0. The van der Waals surface area contributed by atoms with E-state index in [1.54, 1.807) is 6.92 Å². The van der Waals surface area contributed by atoms with Gasteiger partial charge in [-0.1, -0.05) is 60.7 Å². The van der Waals surface area contributed by atoms with E-state index >= 15 is 0 Å². The van der Waals surface area contributed by atoms with Gasteiger partial charge in [0.25, 0.3) is 0 Å². The molecule has 4 nitrogen and oxygen atoms in total. The van der Waals surface area contributed by atoms with Crippen LogP contribution in [0.2, 0.25) is 0 Å². The first-order chi connectivity index (χ1) is 11.7. The highest BCUT2D eigenvalue weighted by Crippen LogP contribution is 2.44. The fraction of sp³-hybridized carbons (Fsp3) is 0.300. The van der Waals surface area contributed by atoms with E-state index in [0.717, 1.165) is 11.1 Å².